The molecule has 1 aromatic heterocycles. The molecule has 0 fully saturated rings. The lowest BCUT2D eigenvalue weighted by Crippen LogP contribution is -2.21. The highest BCUT2D eigenvalue weighted by molar-refractivity contribution is 5.58. The molecule has 0 aliphatic carbocycles. The molecule has 0 amide bonds. The van der Waals surface area contributed by atoms with Gasteiger partial charge < -0.3 is 15.2 Å². The van der Waals surface area contributed by atoms with E-state index >= 15 is 0 Å². The van der Waals surface area contributed by atoms with E-state index in [1.54, 1.807) is 7.11 Å². The van der Waals surface area contributed by atoms with E-state index in [1.165, 1.54) is 0 Å². The Bertz CT molecular complexity index is 801. The van der Waals surface area contributed by atoms with E-state index in [2.05, 4.69) is 23.2 Å². The van der Waals surface area contributed by atoms with Gasteiger partial charge in [0.2, 0.25) is 11.8 Å². The molecule has 0 radical (unpaired) electrons. The van der Waals surface area contributed by atoms with E-state index in [9.17, 15) is 5.26 Å². The fourth-order valence-corrected chi connectivity index (χ4v) is 2.97. The molecule has 6 heteroatoms. The average Bonchev–Trinajstić information content (AvgIpc) is 2.96. The number of nitrogens with two attached hydrogens (primary N) is 1. The van der Waals surface area contributed by atoms with Gasteiger partial charge in [0, 0.05) is 11.3 Å². The number of benzene rings is 1. The monoisotopic (exact) mass is 310 g/mol. The van der Waals surface area contributed by atoms with E-state index in [0.29, 0.717) is 17.2 Å². The maximum atomic E-state index is 9.60. The molecule has 0 spiro atoms. The molecule has 0 saturated carbocycles. The number of aryl methyl sites for hydroxylation is 1. The summed E-state index contributed by atoms with van der Waals surface area (Å²) >= 11 is 0. The van der Waals surface area contributed by atoms with Crippen molar-refractivity contribution in [3.63, 3.8) is 0 Å². The molecule has 2 heterocycles. The summed E-state index contributed by atoms with van der Waals surface area (Å²) in [6.07, 6.45) is 1.77. The van der Waals surface area contributed by atoms with E-state index in [0.717, 1.165) is 29.7 Å². The Morgan fingerprint density at radius 3 is 2.91 bits per heavy atom. The van der Waals surface area contributed by atoms with E-state index < -0.39 is 0 Å². The topological polar surface area (TPSA) is 97.0 Å². The lowest BCUT2D eigenvalue weighted by Gasteiger charge is -2.25. The van der Waals surface area contributed by atoms with Gasteiger partial charge in [0.05, 0.1) is 18.6 Å². The minimum atomic E-state index is -0.347. The van der Waals surface area contributed by atoms with Crippen molar-refractivity contribution in [2.45, 2.75) is 25.7 Å². The van der Waals surface area contributed by atoms with Gasteiger partial charge in [0.15, 0.2) is 0 Å². The van der Waals surface area contributed by atoms with Gasteiger partial charge in [0.25, 0.3) is 0 Å². The largest absolute Gasteiger partial charge is 0.496 e. The van der Waals surface area contributed by atoms with Crippen LogP contribution in [0.4, 0.5) is 0 Å². The second kappa shape index (κ2) is 6.05. The molecule has 0 bridgehead atoms. The zero-order valence-corrected chi connectivity index (χ0v) is 13.1. The Hall–Kier alpha value is -2.94. The van der Waals surface area contributed by atoms with Crippen LogP contribution in [-0.4, -0.2) is 17.3 Å². The number of nitriles is 1. The first-order chi connectivity index (χ1) is 11.2. The zero-order valence-electron chi connectivity index (χ0n) is 13.1. The molecule has 3 N–H and O–H groups in total. The number of aromatic nitrogens is 2. The van der Waals surface area contributed by atoms with Crippen LogP contribution in [0.25, 0.3) is 0 Å². The minimum Gasteiger partial charge on any atom is -0.496 e. The summed E-state index contributed by atoms with van der Waals surface area (Å²) in [4.78, 5) is 0. The highest BCUT2D eigenvalue weighted by atomic mass is 16.5. The van der Waals surface area contributed by atoms with Crippen molar-refractivity contribution in [2.75, 3.05) is 7.11 Å². The van der Waals surface area contributed by atoms with Gasteiger partial charge in [-0.05, 0) is 12.5 Å². The van der Waals surface area contributed by atoms with Gasteiger partial charge >= 0.3 is 0 Å². The number of rotatable bonds is 4. The molecular weight excluding hydrogens is 292 g/mol. The first-order valence-electron chi connectivity index (χ1n) is 7.48. The number of nitrogens with zero attached hydrogens (tertiary/aromatic N) is 2. The number of hydrogen-bond donors (Lipinski definition) is 2. The summed E-state index contributed by atoms with van der Waals surface area (Å²) in [6, 6.07) is 9.80. The lowest BCUT2D eigenvalue weighted by molar-refractivity contribution is 0.374. The van der Waals surface area contributed by atoms with Crippen molar-refractivity contribution >= 4 is 0 Å². The quantitative estimate of drug-likeness (QED) is 0.904. The molecule has 23 heavy (non-hydrogen) atoms. The predicted octanol–water partition coefficient (Wildman–Crippen LogP) is 2.59. The van der Waals surface area contributed by atoms with Crippen LogP contribution in [0.15, 0.2) is 35.7 Å². The molecular formula is C17H18N4O2. The Kier molecular flexibility index (Phi) is 3.94. The van der Waals surface area contributed by atoms with E-state index in [1.807, 2.05) is 24.3 Å². The number of H-pyrrole nitrogens is 1. The van der Waals surface area contributed by atoms with Gasteiger partial charge in [-0.3, -0.25) is 5.10 Å². The third-order valence-electron chi connectivity index (χ3n) is 3.97. The Morgan fingerprint density at radius 1 is 1.43 bits per heavy atom. The van der Waals surface area contributed by atoms with E-state index in [-0.39, 0.29) is 11.8 Å². The number of ether oxygens (including phenoxy) is 2. The fraction of sp³-hybridized carbons (Fsp3) is 0.294. The smallest absolute Gasteiger partial charge is 0.244 e. The van der Waals surface area contributed by atoms with Crippen LogP contribution in [0.1, 0.15) is 36.1 Å². The van der Waals surface area contributed by atoms with Crippen LogP contribution in [-0.2, 0) is 6.42 Å². The van der Waals surface area contributed by atoms with E-state index in [4.69, 9.17) is 15.2 Å². The molecule has 1 aliphatic heterocycles. The normalized spacial score (nSPS) is 16.5. The van der Waals surface area contributed by atoms with Crippen LogP contribution < -0.4 is 15.2 Å². The second-order valence-corrected chi connectivity index (χ2v) is 5.34. The summed E-state index contributed by atoms with van der Waals surface area (Å²) in [7, 11) is 1.61. The average molecular weight is 310 g/mol. The fourth-order valence-electron chi connectivity index (χ4n) is 2.97. The molecule has 118 valence electrons. The number of hydrogen-bond acceptors (Lipinski definition) is 5. The number of fused-ring (bicyclic) bond motifs is 1. The van der Waals surface area contributed by atoms with Crippen molar-refractivity contribution in [1.29, 1.82) is 5.26 Å². The van der Waals surface area contributed by atoms with Gasteiger partial charge in [-0.1, -0.05) is 31.5 Å². The van der Waals surface area contributed by atoms with Crippen LogP contribution >= 0.6 is 0 Å². The molecule has 2 aromatic rings. The molecule has 6 nitrogen and oxygen atoms in total. The highest BCUT2D eigenvalue weighted by Crippen LogP contribution is 2.45. The highest BCUT2D eigenvalue weighted by Gasteiger charge is 2.36. The van der Waals surface area contributed by atoms with Crippen LogP contribution in [0.5, 0.6) is 11.6 Å². The van der Waals surface area contributed by atoms with Crippen molar-refractivity contribution in [1.82, 2.24) is 10.2 Å². The first kappa shape index (κ1) is 15.0. The van der Waals surface area contributed by atoms with Crippen LogP contribution in [0, 0.1) is 11.3 Å². The van der Waals surface area contributed by atoms with Crippen molar-refractivity contribution in [3.8, 4) is 17.7 Å². The molecule has 1 aromatic carbocycles. The van der Waals surface area contributed by atoms with Gasteiger partial charge in [-0.15, -0.1) is 5.10 Å². The van der Waals surface area contributed by atoms with Crippen molar-refractivity contribution in [3.05, 3.63) is 52.5 Å². The Balaban J connectivity index is 2.24. The number of nitrogens with one attached hydrogen (secondary N) is 1. The van der Waals surface area contributed by atoms with Crippen LogP contribution in [0.3, 0.4) is 0 Å². The third kappa shape index (κ3) is 2.40. The summed E-state index contributed by atoms with van der Waals surface area (Å²) in [5.41, 5.74) is 9.02. The van der Waals surface area contributed by atoms with Gasteiger partial charge in [-0.2, -0.15) is 5.26 Å². The number of para-hydroxylation sites is 1. The summed E-state index contributed by atoms with van der Waals surface area (Å²) in [6.45, 7) is 2.09. The molecule has 0 unspecified atom stereocenters. The molecule has 3 rings (SSSR count). The Morgan fingerprint density at radius 2 is 2.22 bits per heavy atom. The van der Waals surface area contributed by atoms with Gasteiger partial charge in [-0.25, -0.2) is 0 Å². The summed E-state index contributed by atoms with van der Waals surface area (Å²) < 4.78 is 11.0. The molecule has 0 saturated heterocycles. The molecule has 1 atom stereocenters. The number of methoxy groups -OCH3 is 1. The van der Waals surface area contributed by atoms with Gasteiger partial charge in [0.1, 0.15) is 17.4 Å². The predicted molar refractivity (Wildman–Crippen MR) is 84.9 cm³/mol. The maximum absolute atomic E-state index is 9.60. The molecule has 1 aliphatic rings. The van der Waals surface area contributed by atoms with Crippen LogP contribution in [0.2, 0.25) is 0 Å². The van der Waals surface area contributed by atoms with Crippen molar-refractivity contribution < 1.29 is 9.47 Å². The zero-order chi connectivity index (χ0) is 16.4. The number of allylic oxidation sites excluding steroid dienone is 1. The summed E-state index contributed by atoms with van der Waals surface area (Å²) in [5, 5.41) is 16.8. The standard InChI is InChI=1S/C17H18N4O2/c1-3-6-12-15-14(10-7-4-5-8-13(10)22-2)11(9-18)16(19)23-17(15)21-20-12/h4-5,7-8,14H,3,6,19H2,1-2H3,(H,20,21)/t14-/m0/s1. The minimum absolute atomic E-state index is 0.0884. The maximum Gasteiger partial charge on any atom is 0.244 e. The lowest BCUT2D eigenvalue weighted by atomic mass is 9.83. The third-order valence-corrected chi connectivity index (χ3v) is 3.97. The second-order valence-electron chi connectivity index (χ2n) is 5.34. The summed E-state index contributed by atoms with van der Waals surface area (Å²) in [5.74, 6) is 0.876. The SMILES string of the molecule is CCCc1[nH]nc2c1[C@@H](c1ccccc1OC)C(C#N)=C(N)O2. The van der Waals surface area contributed by atoms with Crippen molar-refractivity contribution in [2.24, 2.45) is 5.73 Å². The first-order valence-corrected chi connectivity index (χ1v) is 7.48. The Labute approximate surface area is 134 Å². The number of aromatic amines is 1.